The minimum absolute atomic E-state index is 0.245. The number of nitrogens with zero attached hydrogens (tertiary/aromatic N) is 3. The third kappa shape index (κ3) is 3.26. The summed E-state index contributed by atoms with van der Waals surface area (Å²) in [6.45, 7) is 2.38. The topological polar surface area (TPSA) is 64.8 Å². The number of hydrogen-bond donors (Lipinski definition) is 0. The lowest BCUT2D eigenvalue weighted by molar-refractivity contribution is 0.570. The Morgan fingerprint density at radius 1 is 1.35 bits per heavy atom. The molecule has 0 amide bonds. The molecule has 1 heterocycles. The summed E-state index contributed by atoms with van der Waals surface area (Å²) < 4.78 is 25.4. The lowest BCUT2D eigenvalue weighted by atomic mass is 10.2. The first-order valence-electron chi connectivity index (χ1n) is 5.68. The molecule has 0 saturated heterocycles. The SMILES string of the molecule is CCCn1c(-c2ccc(I)c(Cl)c2)nnc1S(=O)(=O)Cl. The van der Waals surface area contributed by atoms with Crippen LogP contribution in [-0.2, 0) is 15.6 Å². The Kier molecular flexibility index (Phi) is 4.93. The minimum atomic E-state index is -3.93. The van der Waals surface area contributed by atoms with Crippen molar-refractivity contribution in [3.8, 4) is 11.4 Å². The van der Waals surface area contributed by atoms with E-state index in [0.29, 0.717) is 23.0 Å². The Bertz CT molecular complexity index is 746. The summed E-state index contributed by atoms with van der Waals surface area (Å²) in [6.07, 6.45) is 0.725. The maximum atomic E-state index is 11.5. The minimum Gasteiger partial charge on any atom is -0.297 e. The fourth-order valence-corrected chi connectivity index (χ4v) is 3.18. The van der Waals surface area contributed by atoms with Crippen LogP contribution in [0.15, 0.2) is 23.4 Å². The van der Waals surface area contributed by atoms with Crippen molar-refractivity contribution in [2.75, 3.05) is 0 Å². The largest absolute Gasteiger partial charge is 0.297 e. The molecule has 0 unspecified atom stereocenters. The zero-order chi connectivity index (χ0) is 14.9. The van der Waals surface area contributed by atoms with Crippen LogP contribution in [0.3, 0.4) is 0 Å². The van der Waals surface area contributed by atoms with Gasteiger partial charge >= 0.3 is 0 Å². The predicted molar refractivity (Wildman–Crippen MR) is 86.5 cm³/mol. The highest BCUT2D eigenvalue weighted by Crippen LogP contribution is 2.27. The normalized spacial score (nSPS) is 11.8. The van der Waals surface area contributed by atoms with Crippen LogP contribution in [0.25, 0.3) is 11.4 Å². The quantitative estimate of drug-likeness (QED) is 0.533. The van der Waals surface area contributed by atoms with Crippen LogP contribution in [-0.4, -0.2) is 23.2 Å². The maximum Gasteiger partial charge on any atom is 0.296 e. The first kappa shape index (κ1) is 16.0. The van der Waals surface area contributed by atoms with Crippen molar-refractivity contribution < 1.29 is 8.42 Å². The van der Waals surface area contributed by atoms with Crippen LogP contribution in [0.2, 0.25) is 5.02 Å². The second-order valence-corrected chi connectivity index (χ2v) is 8.05. The Morgan fingerprint density at radius 3 is 2.60 bits per heavy atom. The van der Waals surface area contributed by atoms with Crippen molar-refractivity contribution in [3.05, 3.63) is 26.8 Å². The van der Waals surface area contributed by atoms with E-state index in [9.17, 15) is 8.42 Å². The molecule has 0 radical (unpaired) electrons. The van der Waals surface area contributed by atoms with Crippen LogP contribution in [0.1, 0.15) is 13.3 Å². The fourth-order valence-electron chi connectivity index (χ4n) is 1.74. The zero-order valence-corrected chi connectivity index (χ0v) is 14.8. The number of hydrogen-bond acceptors (Lipinski definition) is 4. The van der Waals surface area contributed by atoms with Crippen LogP contribution < -0.4 is 0 Å². The molecule has 5 nitrogen and oxygen atoms in total. The van der Waals surface area contributed by atoms with E-state index in [1.165, 1.54) is 4.57 Å². The lowest BCUT2D eigenvalue weighted by Crippen LogP contribution is -2.07. The predicted octanol–water partition coefficient (Wildman–Crippen LogP) is 3.54. The lowest BCUT2D eigenvalue weighted by Gasteiger charge is -2.08. The molecule has 20 heavy (non-hydrogen) atoms. The molecule has 0 N–H and O–H groups in total. The van der Waals surface area contributed by atoms with E-state index < -0.39 is 9.05 Å². The van der Waals surface area contributed by atoms with Gasteiger partial charge in [0.2, 0.25) is 0 Å². The smallest absolute Gasteiger partial charge is 0.296 e. The molecule has 1 aromatic heterocycles. The summed E-state index contributed by atoms with van der Waals surface area (Å²) in [4.78, 5) is 0. The number of aromatic nitrogens is 3. The Balaban J connectivity index is 2.62. The second kappa shape index (κ2) is 6.17. The second-order valence-electron chi connectivity index (χ2n) is 4.02. The summed E-state index contributed by atoms with van der Waals surface area (Å²) in [5.74, 6) is 0.435. The van der Waals surface area contributed by atoms with Crippen LogP contribution >= 0.6 is 44.9 Å². The monoisotopic (exact) mass is 445 g/mol. The highest BCUT2D eigenvalue weighted by atomic mass is 127. The summed E-state index contributed by atoms with van der Waals surface area (Å²) in [6, 6.07) is 5.37. The molecule has 0 bridgehead atoms. The van der Waals surface area contributed by atoms with Gasteiger partial charge in [-0.1, -0.05) is 24.6 Å². The van der Waals surface area contributed by atoms with Gasteiger partial charge in [-0.2, -0.15) is 0 Å². The van der Waals surface area contributed by atoms with Gasteiger partial charge in [-0.15, -0.1) is 10.2 Å². The molecular formula is C11H10Cl2IN3O2S. The van der Waals surface area contributed by atoms with Gasteiger partial charge in [0.25, 0.3) is 14.2 Å². The van der Waals surface area contributed by atoms with Crippen LogP contribution in [0, 0.1) is 3.57 Å². The molecule has 0 aliphatic heterocycles. The van der Waals surface area contributed by atoms with Gasteiger partial charge in [0.1, 0.15) is 0 Å². The summed E-state index contributed by atoms with van der Waals surface area (Å²) in [7, 11) is 1.44. The third-order valence-electron chi connectivity index (χ3n) is 2.56. The van der Waals surface area contributed by atoms with Crippen molar-refractivity contribution in [2.45, 2.75) is 25.0 Å². The first-order chi connectivity index (χ1) is 9.34. The number of halogens is 3. The van der Waals surface area contributed by atoms with Crippen molar-refractivity contribution in [1.29, 1.82) is 0 Å². The number of benzene rings is 1. The maximum absolute atomic E-state index is 11.5. The van der Waals surface area contributed by atoms with Crippen molar-refractivity contribution >= 4 is 53.9 Å². The fraction of sp³-hybridized carbons (Fsp3) is 0.273. The molecule has 2 aromatic rings. The molecule has 0 spiro atoms. The Labute approximate surface area is 139 Å². The average molecular weight is 446 g/mol. The van der Waals surface area contributed by atoms with E-state index in [0.717, 1.165) is 9.99 Å². The summed E-state index contributed by atoms with van der Waals surface area (Å²) in [5.41, 5.74) is 0.697. The van der Waals surface area contributed by atoms with Gasteiger partial charge in [0, 0.05) is 26.4 Å². The van der Waals surface area contributed by atoms with E-state index in [4.69, 9.17) is 22.3 Å². The van der Waals surface area contributed by atoms with Gasteiger partial charge in [0.15, 0.2) is 5.82 Å². The van der Waals surface area contributed by atoms with Crippen LogP contribution in [0.5, 0.6) is 0 Å². The van der Waals surface area contributed by atoms with E-state index >= 15 is 0 Å². The Hall–Kier alpha value is -0.380. The standard InChI is InChI=1S/C11H10Cl2IN3O2S/c1-2-5-17-10(15-16-11(17)20(13,18)19)7-3-4-9(14)8(12)6-7/h3-4,6H,2,5H2,1H3. The number of rotatable bonds is 4. The Morgan fingerprint density at radius 2 is 2.05 bits per heavy atom. The van der Waals surface area contributed by atoms with Crippen molar-refractivity contribution in [3.63, 3.8) is 0 Å². The molecule has 0 aliphatic rings. The highest BCUT2D eigenvalue weighted by Gasteiger charge is 2.23. The van der Waals surface area contributed by atoms with Gasteiger partial charge in [0.05, 0.1) is 5.02 Å². The molecule has 108 valence electrons. The third-order valence-corrected chi connectivity index (χ3v) is 5.28. The molecule has 0 aliphatic carbocycles. The molecule has 0 atom stereocenters. The summed E-state index contributed by atoms with van der Waals surface area (Å²) >= 11 is 8.19. The zero-order valence-electron chi connectivity index (χ0n) is 10.3. The molecule has 2 rings (SSSR count). The van der Waals surface area contributed by atoms with Crippen molar-refractivity contribution in [2.24, 2.45) is 0 Å². The van der Waals surface area contributed by atoms with Gasteiger partial charge in [-0.05, 0) is 41.1 Å². The molecule has 0 saturated carbocycles. The van der Waals surface area contributed by atoms with Gasteiger partial charge < -0.3 is 0 Å². The average Bonchev–Trinajstić information content (AvgIpc) is 2.77. The molecule has 1 aromatic carbocycles. The van der Waals surface area contributed by atoms with Crippen LogP contribution in [0.4, 0.5) is 0 Å². The van der Waals surface area contributed by atoms with E-state index in [1.807, 2.05) is 19.1 Å². The van der Waals surface area contributed by atoms with Gasteiger partial charge in [-0.3, -0.25) is 4.57 Å². The molecule has 9 heteroatoms. The molecular weight excluding hydrogens is 436 g/mol. The highest BCUT2D eigenvalue weighted by molar-refractivity contribution is 14.1. The van der Waals surface area contributed by atoms with E-state index in [1.54, 1.807) is 6.07 Å². The summed E-state index contributed by atoms with van der Waals surface area (Å²) in [5, 5.41) is 7.94. The first-order valence-corrected chi connectivity index (χ1v) is 9.44. The van der Waals surface area contributed by atoms with Gasteiger partial charge in [-0.25, -0.2) is 8.42 Å². The molecule has 0 fully saturated rings. The van der Waals surface area contributed by atoms with E-state index in [2.05, 4.69) is 32.8 Å². The van der Waals surface area contributed by atoms with E-state index in [-0.39, 0.29) is 5.16 Å². The van der Waals surface area contributed by atoms with Crippen molar-refractivity contribution in [1.82, 2.24) is 14.8 Å².